The van der Waals surface area contributed by atoms with Gasteiger partial charge in [-0.25, -0.2) is 0 Å². The van der Waals surface area contributed by atoms with Crippen LogP contribution in [-0.2, 0) is 11.3 Å². The molecule has 26 heavy (non-hydrogen) atoms. The van der Waals surface area contributed by atoms with Crippen molar-refractivity contribution < 1.29 is 4.79 Å². The first-order chi connectivity index (χ1) is 12.5. The first-order valence-corrected chi connectivity index (χ1v) is 10.8. The lowest BCUT2D eigenvalue weighted by Gasteiger charge is -2.15. The van der Waals surface area contributed by atoms with Gasteiger partial charge in [-0.15, -0.1) is 21.5 Å². The Morgan fingerprint density at radius 1 is 1.27 bits per heavy atom. The number of thiophene rings is 1. The summed E-state index contributed by atoms with van der Waals surface area (Å²) in [7, 11) is 1.79. The SMILES string of the molecule is Cc1cccc(Nc2nnc(SCC(=O)N(C)Cc3ccc(Cl)s3)s2)c1. The molecule has 0 unspecified atom stereocenters. The van der Waals surface area contributed by atoms with Gasteiger partial charge in [0.1, 0.15) is 0 Å². The molecular formula is C17H17ClN4OS3. The van der Waals surface area contributed by atoms with Gasteiger partial charge in [-0.3, -0.25) is 4.79 Å². The average Bonchev–Trinajstić information content (AvgIpc) is 3.21. The maximum absolute atomic E-state index is 12.3. The molecule has 1 aromatic carbocycles. The Balaban J connectivity index is 1.50. The van der Waals surface area contributed by atoms with E-state index in [4.69, 9.17) is 11.6 Å². The number of nitrogens with one attached hydrogen (secondary N) is 1. The Kier molecular flexibility index (Phi) is 6.53. The Labute approximate surface area is 169 Å². The number of carbonyl (C=O) groups is 1. The predicted molar refractivity (Wildman–Crippen MR) is 111 cm³/mol. The highest BCUT2D eigenvalue weighted by Gasteiger charge is 2.13. The standard InChI is InChI=1S/C17H17ClN4OS3/c1-11-4-3-5-12(8-11)19-16-20-21-17(26-16)24-10-15(23)22(2)9-13-6-7-14(18)25-13/h3-8H,9-10H2,1-2H3,(H,19,20). The Bertz CT molecular complexity index is 896. The van der Waals surface area contributed by atoms with Gasteiger partial charge in [-0.1, -0.05) is 46.8 Å². The molecule has 0 atom stereocenters. The maximum atomic E-state index is 12.3. The molecule has 1 N–H and O–H groups in total. The molecule has 2 heterocycles. The van der Waals surface area contributed by atoms with Gasteiger partial charge in [0.05, 0.1) is 16.6 Å². The number of halogens is 1. The fourth-order valence-corrected chi connectivity index (χ4v) is 5.01. The highest BCUT2D eigenvalue weighted by atomic mass is 35.5. The molecule has 0 spiro atoms. The molecule has 9 heteroatoms. The van der Waals surface area contributed by atoms with Crippen LogP contribution in [0.2, 0.25) is 4.34 Å². The quantitative estimate of drug-likeness (QED) is 0.537. The van der Waals surface area contributed by atoms with Crippen molar-refractivity contribution in [1.82, 2.24) is 15.1 Å². The summed E-state index contributed by atoms with van der Waals surface area (Å²) in [4.78, 5) is 15.0. The molecule has 0 radical (unpaired) electrons. The van der Waals surface area contributed by atoms with Gasteiger partial charge < -0.3 is 10.2 Å². The van der Waals surface area contributed by atoms with Gasteiger partial charge in [0.15, 0.2) is 4.34 Å². The van der Waals surface area contributed by atoms with Crippen molar-refractivity contribution in [2.75, 3.05) is 18.1 Å². The van der Waals surface area contributed by atoms with E-state index in [2.05, 4.69) is 15.5 Å². The minimum absolute atomic E-state index is 0.0444. The summed E-state index contributed by atoms with van der Waals surface area (Å²) in [5.74, 6) is 0.372. The van der Waals surface area contributed by atoms with Crippen LogP contribution >= 0.6 is 46.0 Å². The molecule has 3 aromatic rings. The van der Waals surface area contributed by atoms with Gasteiger partial charge >= 0.3 is 0 Å². The third kappa shape index (κ3) is 5.44. The van der Waals surface area contributed by atoms with Gasteiger partial charge in [0.25, 0.3) is 0 Å². The predicted octanol–water partition coefficient (Wildman–Crippen LogP) is 5.06. The number of hydrogen-bond donors (Lipinski definition) is 1. The number of nitrogens with zero attached hydrogens (tertiary/aromatic N) is 3. The summed E-state index contributed by atoms with van der Waals surface area (Å²) < 4.78 is 1.50. The van der Waals surface area contributed by atoms with Gasteiger partial charge in [0.2, 0.25) is 11.0 Å². The van der Waals surface area contributed by atoms with E-state index in [0.29, 0.717) is 17.4 Å². The molecule has 3 rings (SSSR count). The molecule has 0 aliphatic carbocycles. The fourth-order valence-electron chi connectivity index (χ4n) is 2.16. The average molecular weight is 425 g/mol. The lowest BCUT2D eigenvalue weighted by molar-refractivity contribution is -0.127. The second kappa shape index (κ2) is 8.85. The Morgan fingerprint density at radius 2 is 2.12 bits per heavy atom. The number of anilines is 2. The minimum atomic E-state index is 0.0444. The number of aryl methyl sites for hydroxylation is 1. The van der Waals surface area contributed by atoms with E-state index in [9.17, 15) is 4.79 Å². The van der Waals surface area contributed by atoms with Crippen molar-refractivity contribution in [3.05, 3.63) is 51.2 Å². The summed E-state index contributed by atoms with van der Waals surface area (Å²) in [5.41, 5.74) is 2.15. The molecule has 0 saturated heterocycles. The fraction of sp³-hybridized carbons (Fsp3) is 0.235. The van der Waals surface area contributed by atoms with E-state index in [-0.39, 0.29) is 5.91 Å². The number of hydrogen-bond acceptors (Lipinski definition) is 7. The second-order valence-electron chi connectivity index (χ2n) is 5.61. The van der Waals surface area contributed by atoms with E-state index in [1.54, 1.807) is 11.9 Å². The van der Waals surface area contributed by atoms with Crippen LogP contribution in [0.5, 0.6) is 0 Å². The number of carbonyl (C=O) groups excluding carboxylic acids is 1. The molecule has 0 fully saturated rings. The molecule has 0 aliphatic heterocycles. The summed E-state index contributed by atoms with van der Waals surface area (Å²) in [6, 6.07) is 11.8. The van der Waals surface area contributed by atoms with Crippen LogP contribution in [0.25, 0.3) is 0 Å². The summed E-state index contributed by atoms with van der Waals surface area (Å²) in [6.45, 7) is 2.60. The zero-order valence-electron chi connectivity index (χ0n) is 14.2. The summed E-state index contributed by atoms with van der Waals surface area (Å²) in [5, 5.41) is 12.2. The second-order valence-corrected chi connectivity index (χ2v) is 9.61. The van der Waals surface area contributed by atoms with Crippen LogP contribution in [0.1, 0.15) is 10.4 Å². The van der Waals surface area contributed by atoms with E-state index >= 15 is 0 Å². The van der Waals surface area contributed by atoms with Crippen molar-refractivity contribution in [2.45, 2.75) is 17.8 Å². The Hall–Kier alpha value is -1.61. The van der Waals surface area contributed by atoms with Crippen molar-refractivity contribution in [3.8, 4) is 0 Å². The zero-order valence-corrected chi connectivity index (χ0v) is 17.4. The number of aromatic nitrogens is 2. The first kappa shape index (κ1) is 19.2. The first-order valence-electron chi connectivity index (χ1n) is 7.78. The van der Waals surface area contributed by atoms with Crippen LogP contribution < -0.4 is 5.32 Å². The lowest BCUT2D eigenvalue weighted by atomic mass is 10.2. The van der Waals surface area contributed by atoms with Crippen molar-refractivity contribution in [2.24, 2.45) is 0 Å². The topological polar surface area (TPSA) is 58.1 Å². The third-order valence-corrected chi connectivity index (χ3v) is 6.62. The largest absolute Gasteiger partial charge is 0.340 e. The van der Waals surface area contributed by atoms with Crippen molar-refractivity contribution >= 4 is 62.8 Å². The lowest BCUT2D eigenvalue weighted by Crippen LogP contribution is -2.27. The van der Waals surface area contributed by atoms with Crippen LogP contribution in [-0.4, -0.2) is 33.8 Å². The molecule has 2 aromatic heterocycles. The number of rotatable bonds is 7. The highest BCUT2D eigenvalue weighted by molar-refractivity contribution is 8.01. The zero-order chi connectivity index (χ0) is 18.5. The minimum Gasteiger partial charge on any atom is -0.340 e. The number of amides is 1. The van der Waals surface area contributed by atoms with Crippen LogP contribution in [0.15, 0.2) is 40.7 Å². The monoisotopic (exact) mass is 424 g/mol. The van der Waals surface area contributed by atoms with Crippen LogP contribution in [0.3, 0.4) is 0 Å². The van der Waals surface area contributed by atoms with Gasteiger partial charge in [-0.2, -0.15) is 0 Å². The van der Waals surface area contributed by atoms with E-state index in [1.165, 1.54) is 40.0 Å². The summed E-state index contributed by atoms with van der Waals surface area (Å²) >= 11 is 10.3. The smallest absolute Gasteiger partial charge is 0.233 e. The van der Waals surface area contributed by atoms with Crippen molar-refractivity contribution in [3.63, 3.8) is 0 Å². The normalized spacial score (nSPS) is 10.7. The maximum Gasteiger partial charge on any atom is 0.233 e. The molecule has 136 valence electrons. The van der Waals surface area contributed by atoms with Crippen molar-refractivity contribution in [1.29, 1.82) is 0 Å². The third-order valence-electron chi connectivity index (χ3n) is 3.44. The van der Waals surface area contributed by atoms with E-state index < -0.39 is 0 Å². The number of thioether (sulfide) groups is 1. The van der Waals surface area contributed by atoms with E-state index in [0.717, 1.165) is 19.2 Å². The number of benzene rings is 1. The summed E-state index contributed by atoms with van der Waals surface area (Å²) in [6.07, 6.45) is 0. The van der Waals surface area contributed by atoms with Crippen LogP contribution in [0.4, 0.5) is 10.8 Å². The van der Waals surface area contributed by atoms with Gasteiger partial charge in [-0.05, 0) is 36.8 Å². The molecular weight excluding hydrogens is 408 g/mol. The highest BCUT2D eigenvalue weighted by Crippen LogP contribution is 2.28. The molecule has 0 bridgehead atoms. The van der Waals surface area contributed by atoms with E-state index in [1.807, 2.05) is 43.3 Å². The molecule has 1 amide bonds. The molecule has 0 aliphatic rings. The molecule has 0 saturated carbocycles. The van der Waals surface area contributed by atoms with Gasteiger partial charge in [0, 0.05) is 17.6 Å². The van der Waals surface area contributed by atoms with Crippen LogP contribution in [0, 0.1) is 6.92 Å². The molecule has 5 nitrogen and oxygen atoms in total. The Morgan fingerprint density at radius 3 is 2.85 bits per heavy atom.